The van der Waals surface area contributed by atoms with Gasteiger partial charge in [0.15, 0.2) is 5.69 Å². The van der Waals surface area contributed by atoms with Crippen molar-refractivity contribution >= 4 is 17.3 Å². The van der Waals surface area contributed by atoms with Gasteiger partial charge in [0.25, 0.3) is 0 Å². The van der Waals surface area contributed by atoms with Crippen molar-refractivity contribution in [2.45, 2.75) is 12.8 Å². The second-order valence-corrected chi connectivity index (χ2v) is 4.56. The first-order valence-corrected chi connectivity index (χ1v) is 6.16. The fraction of sp³-hybridized carbons (Fsp3) is 0.273. The lowest BCUT2D eigenvalue weighted by molar-refractivity contribution is -0.141. The van der Waals surface area contributed by atoms with Crippen LogP contribution in [0.3, 0.4) is 0 Å². The number of halogens is 3. The Bertz CT molecular complexity index is 543. The number of ether oxygens (including phenoxy) is 1. The van der Waals surface area contributed by atoms with Gasteiger partial charge in [-0.2, -0.15) is 18.2 Å². The molecule has 0 fully saturated rings. The number of alkyl halides is 3. The Hall–Kier alpha value is -1.83. The van der Waals surface area contributed by atoms with E-state index in [2.05, 4.69) is 15.3 Å². The highest BCUT2D eigenvalue weighted by molar-refractivity contribution is 7.09. The molecule has 0 aromatic carbocycles. The molecule has 2 aromatic heterocycles. The van der Waals surface area contributed by atoms with E-state index in [1.807, 2.05) is 17.5 Å². The molecule has 0 aliphatic rings. The summed E-state index contributed by atoms with van der Waals surface area (Å²) < 4.78 is 43.1. The fourth-order valence-electron chi connectivity index (χ4n) is 1.30. The molecule has 0 aliphatic carbocycles. The van der Waals surface area contributed by atoms with Crippen molar-refractivity contribution in [1.82, 2.24) is 9.97 Å². The number of nitrogens with one attached hydrogen (secondary N) is 1. The molecule has 0 amide bonds. The van der Waals surface area contributed by atoms with Crippen molar-refractivity contribution in [3.63, 3.8) is 0 Å². The van der Waals surface area contributed by atoms with Gasteiger partial charge < -0.3 is 10.1 Å². The van der Waals surface area contributed by atoms with Gasteiger partial charge in [0.2, 0.25) is 11.8 Å². The summed E-state index contributed by atoms with van der Waals surface area (Å²) in [5.41, 5.74) is -1.03. The molecule has 19 heavy (non-hydrogen) atoms. The molecular formula is C11H10F3N3OS. The molecule has 0 radical (unpaired) electrons. The van der Waals surface area contributed by atoms with Crippen LogP contribution in [0.5, 0.6) is 5.88 Å². The Morgan fingerprint density at radius 1 is 1.37 bits per heavy atom. The second-order valence-electron chi connectivity index (χ2n) is 3.53. The summed E-state index contributed by atoms with van der Waals surface area (Å²) in [5, 5.41) is 4.33. The van der Waals surface area contributed by atoms with Crippen molar-refractivity contribution in [3.8, 4) is 5.88 Å². The van der Waals surface area contributed by atoms with Crippen molar-refractivity contribution in [2.24, 2.45) is 0 Å². The zero-order valence-electron chi connectivity index (χ0n) is 9.86. The highest BCUT2D eigenvalue weighted by atomic mass is 32.1. The minimum atomic E-state index is -4.53. The van der Waals surface area contributed by atoms with Gasteiger partial charge in [0.1, 0.15) is 6.61 Å². The molecule has 2 aromatic rings. The van der Waals surface area contributed by atoms with E-state index in [1.165, 1.54) is 18.4 Å². The van der Waals surface area contributed by atoms with Crippen LogP contribution in [0.25, 0.3) is 0 Å². The van der Waals surface area contributed by atoms with Crippen LogP contribution in [0.1, 0.15) is 10.6 Å². The monoisotopic (exact) mass is 289 g/mol. The quantitative estimate of drug-likeness (QED) is 0.939. The Morgan fingerprint density at radius 3 is 2.74 bits per heavy atom. The number of thiophene rings is 1. The van der Waals surface area contributed by atoms with Crippen LogP contribution in [0.4, 0.5) is 19.1 Å². The second kappa shape index (κ2) is 5.43. The average Bonchev–Trinajstić information content (AvgIpc) is 2.88. The van der Waals surface area contributed by atoms with Crippen LogP contribution in [0, 0.1) is 0 Å². The zero-order valence-corrected chi connectivity index (χ0v) is 10.7. The molecule has 2 rings (SSSR count). The van der Waals surface area contributed by atoms with E-state index in [-0.39, 0.29) is 18.4 Å². The lowest BCUT2D eigenvalue weighted by Gasteiger charge is -2.10. The summed E-state index contributed by atoms with van der Waals surface area (Å²) in [6.45, 7) is 0.176. The van der Waals surface area contributed by atoms with Gasteiger partial charge >= 0.3 is 6.18 Å². The topological polar surface area (TPSA) is 47.0 Å². The highest BCUT2D eigenvalue weighted by Gasteiger charge is 2.34. The van der Waals surface area contributed by atoms with Gasteiger partial charge in [0, 0.05) is 18.0 Å². The first-order chi connectivity index (χ1) is 8.99. The van der Waals surface area contributed by atoms with E-state index < -0.39 is 11.9 Å². The average molecular weight is 289 g/mol. The summed E-state index contributed by atoms with van der Waals surface area (Å²) in [7, 11) is 1.44. The van der Waals surface area contributed by atoms with Crippen molar-refractivity contribution in [2.75, 3.05) is 12.4 Å². The van der Waals surface area contributed by atoms with Crippen LogP contribution in [-0.4, -0.2) is 17.0 Å². The standard InChI is InChI=1S/C11H10F3N3OS/c1-15-10-16-8(11(12,13)14)5-9(17-10)18-6-7-3-2-4-19-7/h2-5H,6H2,1H3,(H,15,16,17). The summed E-state index contributed by atoms with van der Waals surface area (Å²) in [5.74, 6) is -0.240. The molecule has 0 saturated heterocycles. The first-order valence-electron chi connectivity index (χ1n) is 5.28. The Kier molecular flexibility index (Phi) is 3.89. The molecule has 2 heterocycles. The SMILES string of the molecule is CNc1nc(OCc2cccs2)cc(C(F)(F)F)n1. The van der Waals surface area contributed by atoms with Gasteiger partial charge in [-0.3, -0.25) is 0 Å². The largest absolute Gasteiger partial charge is 0.472 e. The smallest absolute Gasteiger partial charge is 0.433 e. The van der Waals surface area contributed by atoms with Gasteiger partial charge in [0.05, 0.1) is 0 Å². The van der Waals surface area contributed by atoms with Gasteiger partial charge in [-0.15, -0.1) is 11.3 Å². The Labute approximate surface area is 111 Å². The lowest BCUT2D eigenvalue weighted by atomic mass is 10.4. The molecule has 0 atom stereocenters. The van der Waals surface area contributed by atoms with Crippen LogP contribution in [0.15, 0.2) is 23.6 Å². The molecule has 0 saturated carbocycles. The van der Waals surface area contributed by atoms with Crippen molar-refractivity contribution < 1.29 is 17.9 Å². The third-order valence-corrected chi connectivity index (χ3v) is 3.01. The maximum absolute atomic E-state index is 12.6. The molecule has 0 unspecified atom stereocenters. The van der Waals surface area contributed by atoms with E-state index in [0.29, 0.717) is 0 Å². The molecule has 8 heteroatoms. The molecule has 1 N–H and O–H groups in total. The number of anilines is 1. The molecule has 0 aliphatic heterocycles. The minimum Gasteiger partial charge on any atom is -0.472 e. The third kappa shape index (κ3) is 3.57. The minimum absolute atomic E-state index is 0.111. The van der Waals surface area contributed by atoms with E-state index in [1.54, 1.807) is 0 Å². The summed E-state index contributed by atoms with van der Waals surface area (Å²) >= 11 is 1.46. The highest BCUT2D eigenvalue weighted by Crippen LogP contribution is 2.30. The van der Waals surface area contributed by atoms with Crippen LogP contribution >= 0.6 is 11.3 Å². The molecule has 102 valence electrons. The normalized spacial score (nSPS) is 11.4. The van der Waals surface area contributed by atoms with Crippen molar-refractivity contribution in [3.05, 3.63) is 34.2 Å². The van der Waals surface area contributed by atoms with E-state index in [4.69, 9.17) is 4.74 Å². The molecule has 0 spiro atoms. The van der Waals surface area contributed by atoms with E-state index in [0.717, 1.165) is 10.9 Å². The van der Waals surface area contributed by atoms with Crippen LogP contribution in [-0.2, 0) is 12.8 Å². The number of hydrogen-bond acceptors (Lipinski definition) is 5. The van der Waals surface area contributed by atoms with Gasteiger partial charge in [-0.1, -0.05) is 6.07 Å². The molecular weight excluding hydrogens is 279 g/mol. The number of nitrogens with zero attached hydrogens (tertiary/aromatic N) is 2. The van der Waals surface area contributed by atoms with Crippen LogP contribution < -0.4 is 10.1 Å². The maximum atomic E-state index is 12.6. The predicted octanol–water partition coefficient (Wildman–Crippen LogP) is 3.18. The van der Waals surface area contributed by atoms with E-state index in [9.17, 15) is 13.2 Å². The summed E-state index contributed by atoms with van der Waals surface area (Å²) in [6.07, 6.45) is -4.53. The zero-order chi connectivity index (χ0) is 13.9. The van der Waals surface area contributed by atoms with Crippen LogP contribution in [0.2, 0.25) is 0 Å². The molecule has 0 bridgehead atoms. The predicted molar refractivity (Wildman–Crippen MR) is 65.2 cm³/mol. The maximum Gasteiger partial charge on any atom is 0.433 e. The van der Waals surface area contributed by atoms with Gasteiger partial charge in [-0.25, -0.2) is 4.98 Å². The number of hydrogen-bond donors (Lipinski definition) is 1. The van der Waals surface area contributed by atoms with Crippen molar-refractivity contribution in [1.29, 1.82) is 0 Å². The first kappa shape index (κ1) is 13.6. The lowest BCUT2D eigenvalue weighted by Crippen LogP contribution is -2.11. The Balaban J connectivity index is 2.19. The number of aromatic nitrogens is 2. The fourth-order valence-corrected chi connectivity index (χ4v) is 1.91. The number of rotatable bonds is 4. The third-order valence-electron chi connectivity index (χ3n) is 2.16. The van der Waals surface area contributed by atoms with Gasteiger partial charge in [-0.05, 0) is 11.4 Å². The Morgan fingerprint density at radius 2 is 2.16 bits per heavy atom. The summed E-state index contributed by atoms with van der Waals surface area (Å²) in [4.78, 5) is 8.07. The molecule has 4 nitrogen and oxygen atoms in total. The summed E-state index contributed by atoms with van der Waals surface area (Å²) in [6, 6.07) is 4.45. The van der Waals surface area contributed by atoms with E-state index >= 15 is 0 Å².